The number of nitrogens with zero attached hydrogens (tertiary/aromatic N) is 3. The number of hydrogen-bond donors (Lipinski definition) is 3. The van der Waals surface area contributed by atoms with E-state index in [0.29, 0.717) is 12.2 Å². The fourth-order valence-electron chi connectivity index (χ4n) is 1.17. The lowest BCUT2D eigenvalue weighted by atomic mass is 10.5. The molecule has 0 radical (unpaired) electrons. The van der Waals surface area contributed by atoms with Crippen LogP contribution in [0.15, 0.2) is 16.4 Å². The molecule has 17 heavy (non-hydrogen) atoms. The van der Waals surface area contributed by atoms with E-state index in [2.05, 4.69) is 15.1 Å². The molecule has 9 heteroatoms. The normalized spacial score (nSPS) is 13.2. The summed E-state index contributed by atoms with van der Waals surface area (Å²) < 4.78 is 24.9. The molecule has 1 aromatic rings. The van der Waals surface area contributed by atoms with Crippen LogP contribution in [0.4, 0.5) is 0 Å². The number of hydrogen-bond acceptors (Lipinski definition) is 5. The van der Waals surface area contributed by atoms with Crippen LogP contribution in [0.5, 0.6) is 0 Å². The van der Waals surface area contributed by atoms with Crippen molar-refractivity contribution in [3.8, 4) is 0 Å². The van der Waals surface area contributed by atoms with Crippen LogP contribution in [0.1, 0.15) is 12.7 Å². The molecule has 1 heterocycles. The molecule has 0 unspecified atom stereocenters. The van der Waals surface area contributed by atoms with Gasteiger partial charge in [0.15, 0.2) is 10.9 Å². The Morgan fingerprint density at radius 1 is 1.71 bits per heavy atom. The highest BCUT2D eigenvalue weighted by Crippen LogP contribution is 2.11. The van der Waals surface area contributed by atoms with Crippen molar-refractivity contribution in [3.05, 3.63) is 12.0 Å². The highest BCUT2D eigenvalue weighted by Gasteiger charge is 2.23. The maximum Gasteiger partial charge on any atom is 0.260 e. The van der Waals surface area contributed by atoms with Crippen molar-refractivity contribution in [3.63, 3.8) is 0 Å². The number of aromatic nitrogens is 2. The van der Waals surface area contributed by atoms with Crippen molar-refractivity contribution in [2.24, 2.45) is 10.9 Å². The van der Waals surface area contributed by atoms with Gasteiger partial charge in [-0.1, -0.05) is 12.1 Å². The predicted octanol–water partition coefficient (Wildman–Crippen LogP) is -0.661. The molecule has 0 aliphatic carbocycles. The third-order valence-corrected chi connectivity index (χ3v) is 3.85. The summed E-state index contributed by atoms with van der Waals surface area (Å²) in [6.07, 6.45) is 1.86. The molecular formula is C8H15N5O3S. The van der Waals surface area contributed by atoms with E-state index >= 15 is 0 Å². The van der Waals surface area contributed by atoms with Crippen LogP contribution in [0.3, 0.4) is 0 Å². The maximum absolute atomic E-state index is 12.0. The summed E-state index contributed by atoms with van der Waals surface area (Å²) >= 11 is 0. The van der Waals surface area contributed by atoms with Crippen LogP contribution >= 0.6 is 0 Å². The summed E-state index contributed by atoms with van der Waals surface area (Å²) in [5.41, 5.74) is 5.25. The monoisotopic (exact) mass is 261 g/mol. The van der Waals surface area contributed by atoms with E-state index in [0.717, 1.165) is 4.31 Å². The average molecular weight is 261 g/mol. The number of nitrogens with one attached hydrogen (secondary N) is 1. The SMILES string of the molecule is CCc1ncc(S(=O)(=O)N(C)CC(N)=NO)[nH]1. The van der Waals surface area contributed by atoms with Crippen LogP contribution in [0.25, 0.3) is 0 Å². The van der Waals surface area contributed by atoms with Gasteiger partial charge in [0, 0.05) is 13.5 Å². The molecule has 96 valence electrons. The van der Waals surface area contributed by atoms with Crippen molar-refractivity contribution in [2.45, 2.75) is 18.4 Å². The number of H-pyrrole nitrogens is 1. The zero-order chi connectivity index (χ0) is 13.1. The molecule has 0 amide bonds. The zero-order valence-electron chi connectivity index (χ0n) is 9.58. The summed E-state index contributed by atoms with van der Waals surface area (Å²) in [7, 11) is -2.36. The molecule has 0 saturated carbocycles. The van der Waals surface area contributed by atoms with Gasteiger partial charge in [0.25, 0.3) is 10.0 Å². The van der Waals surface area contributed by atoms with Gasteiger partial charge in [-0.3, -0.25) is 0 Å². The third-order valence-electron chi connectivity index (χ3n) is 2.14. The number of rotatable bonds is 5. The lowest BCUT2D eigenvalue weighted by Crippen LogP contribution is -2.35. The van der Waals surface area contributed by atoms with Crippen LogP contribution in [-0.2, 0) is 16.4 Å². The van der Waals surface area contributed by atoms with Crippen LogP contribution < -0.4 is 5.73 Å². The quantitative estimate of drug-likeness (QED) is 0.281. The molecule has 0 saturated heterocycles. The van der Waals surface area contributed by atoms with Crippen molar-refractivity contribution in [1.29, 1.82) is 0 Å². The number of imidazole rings is 1. The minimum absolute atomic E-state index is 0.0115. The van der Waals surface area contributed by atoms with Crippen molar-refractivity contribution in [2.75, 3.05) is 13.6 Å². The summed E-state index contributed by atoms with van der Waals surface area (Å²) in [4.78, 5) is 6.60. The minimum atomic E-state index is -3.69. The van der Waals surface area contributed by atoms with Crippen molar-refractivity contribution < 1.29 is 13.6 Å². The van der Waals surface area contributed by atoms with E-state index in [9.17, 15) is 8.42 Å². The zero-order valence-corrected chi connectivity index (χ0v) is 10.4. The largest absolute Gasteiger partial charge is 0.409 e. The first-order valence-electron chi connectivity index (χ1n) is 4.88. The number of aryl methyl sites for hydroxylation is 1. The summed E-state index contributed by atoms with van der Waals surface area (Å²) in [6, 6.07) is 0. The van der Waals surface area contributed by atoms with Gasteiger partial charge < -0.3 is 15.9 Å². The summed E-state index contributed by atoms with van der Waals surface area (Å²) in [5, 5.41) is 11.1. The lowest BCUT2D eigenvalue weighted by Gasteiger charge is -2.14. The first-order chi connectivity index (χ1) is 7.91. The average Bonchev–Trinajstić information content (AvgIpc) is 2.77. The first kappa shape index (κ1) is 13.5. The second kappa shape index (κ2) is 5.15. The van der Waals surface area contributed by atoms with E-state index in [-0.39, 0.29) is 17.4 Å². The molecule has 0 aliphatic rings. The number of nitrogens with two attached hydrogens (primary N) is 1. The molecule has 0 aliphatic heterocycles. The number of amidine groups is 1. The molecule has 0 spiro atoms. The molecule has 1 rings (SSSR count). The molecule has 0 atom stereocenters. The first-order valence-corrected chi connectivity index (χ1v) is 6.32. The second-order valence-electron chi connectivity index (χ2n) is 3.40. The Hall–Kier alpha value is -1.61. The van der Waals surface area contributed by atoms with Gasteiger partial charge in [-0.2, -0.15) is 4.31 Å². The number of oxime groups is 1. The van der Waals surface area contributed by atoms with E-state index in [1.807, 2.05) is 6.92 Å². The Balaban J connectivity index is 2.94. The van der Waals surface area contributed by atoms with Gasteiger partial charge >= 0.3 is 0 Å². The standard InChI is InChI=1S/C8H15N5O3S/c1-3-7-10-4-8(11-7)17(15,16)13(2)5-6(9)12-14/h4,14H,3,5H2,1-2H3,(H2,9,12)(H,10,11). The van der Waals surface area contributed by atoms with Crippen LogP contribution in [0, 0.1) is 0 Å². The van der Waals surface area contributed by atoms with Gasteiger partial charge in [0.1, 0.15) is 5.82 Å². The fourth-order valence-corrected chi connectivity index (χ4v) is 2.24. The lowest BCUT2D eigenvalue weighted by molar-refractivity contribution is 0.315. The Morgan fingerprint density at radius 3 is 2.82 bits per heavy atom. The Bertz CT molecular complexity index is 507. The van der Waals surface area contributed by atoms with Gasteiger partial charge in [-0.05, 0) is 0 Å². The van der Waals surface area contributed by atoms with Crippen molar-refractivity contribution >= 4 is 15.9 Å². The Morgan fingerprint density at radius 2 is 2.35 bits per heavy atom. The number of aromatic amines is 1. The van der Waals surface area contributed by atoms with Crippen LogP contribution in [0.2, 0.25) is 0 Å². The van der Waals surface area contributed by atoms with Gasteiger partial charge in [-0.15, -0.1) is 0 Å². The summed E-state index contributed by atoms with van der Waals surface area (Å²) in [6.45, 7) is 1.66. The number of sulfonamides is 1. The van der Waals surface area contributed by atoms with E-state index < -0.39 is 10.0 Å². The fraction of sp³-hybridized carbons (Fsp3) is 0.500. The molecule has 4 N–H and O–H groups in total. The predicted molar refractivity (Wildman–Crippen MR) is 61.2 cm³/mol. The van der Waals surface area contributed by atoms with Crippen LogP contribution in [-0.4, -0.2) is 47.3 Å². The highest BCUT2D eigenvalue weighted by atomic mass is 32.2. The second-order valence-corrected chi connectivity index (χ2v) is 5.41. The minimum Gasteiger partial charge on any atom is -0.409 e. The maximum atomic E-state index is 12.0. The highest BCUT2D eigenvalue weighted by molar-refractivity contribution is 7.89. The smallest absolute Gasteiger partial charge is 0.260 e. The van der Waals surface area contributed by atoms with Gasteiger partial charge in [0.2, 0.25) is 0 Å². The van der Waals surface area contributed by atoms with Gasteiger partial charge in [-0.25, -0.2) is 13.4 Å². The molecule has 0 aromatic carbocycles. The summed E-state index contributed by atoms with van der Waals surface area (Å²) in [5.74, 6) is 0.395. The van der Waals surface area contributed by atoms with E-state index in [1.54, 1.807) is 0 Å². The molecule has 0 fully saturated rings. The van der Waals surface area contributed by atoms with E-state index in [4.69, 9.17) is 10.9 Å². The molecule has 1 aromatic heterocycles. The third kappa shape index (κ3) is 2.94. The van der Waals surface area contributed by atoms with E-state index in [1.165, 1.54) is 13.2 Å². The molecule has 8 nitrogen and oxygen atoms in total. The Kier molecular flexibility index (Phi) is 4.07. The molecular weight excluding hydrogens is 246 g/mol. The number of likely N-dealkylation sites (N-methyl/N-ethyl adjacent to an activating group) is 1. The van der Waals surface area contributed by atoms with Gasteiger partial charge in [0.05, 0.1) is 12.7 Å². The topological polar surface area (TPSA) is 125 Å². The molecule has 0 bridgehead atoms. The van der Waals surface area contributed by atoms with Crippen molar-refractivity contribution in [1.82, 2.24) is 14.3 Å². The Labute approximate surface area is 99.2 Å².